The first-order chi connectivity index (χ1) is 12.8. The summed E-state index contributed by atoms with van der Waals surface area (Å²) in [5, 5.41) is 10.2. The van der Waals surface area contributed by atoms with Gasteiger partial charge in [-0.05, 0) is 18.2 Å². The van der Waals surface area contributed by atoms with Crippen molar-refractivity contribution in [1.29, 1.82) is 0 Å². The van der Waals surface area contributed by atoms with E-state index in [2.05, 4.69) is 15.5 Å². The third kappa shape index (κ3) is 4.45. The number of nitrogens with one attached hydrogen (secondary N) is 1. The molecule has 2 heterocycles. The highest BCUT2D eigenvalue weighted by Crippen LogP contribution is 2.33. The smallest absolute Gasteiger partial charge is 0.417 e. The number of ether oxygens (including phenoxy) is 1. The lowest BCUT2D eigenvalue weighted by Gasteiger charge is -2.09. The summed E-state index contributed by atoms with van der Waals surface area (Å²) in [6, 6.07) is 7.57. The predicted molar refractivity (Wildman–Crippen MR) is 95.3 cm³/mol. The molecular weight excluding hydrogens is 405 g/mol. The van der Waals surface area contributed by atoms with Crippen LogP contribution >= 0.6 is 23.4 Å². The largest absolute Gasteiger partial charge is 0.497 e. The van der Waals surface area contributed by atoms with Gasteiger partial charge in [0.25, 0.3) is 0 Å². The lowest BCUT2D eigenvalue weighted by molar-refractivity contribution is -0.137. The zero-order chi connectivity index (χ0) is 19.6. The Labute approximate surface area is 160 Å². The SMILES string of the molecule is COc1cccc(NC(=O)CSc2nnc3c(Cl)cc(C(F)(F)F)cn23)c1. The van der Waals surface area contributed by atoms with Gasteiger partial charge in [0, 0.05) is 18.0 Å². The number of amides is 1. The molecule has 0 bridgehead atoms. The molecule has 0 atom stereocenters. The molecule has 142 valence electrons. The Morgan fingerprint density at radius 3 is 2.81 bits per heavy atom. The maximum atomic E-state index is 13.0. The Morgan fingerprint density at radius 2 is 2.11 bits per heavy atom. The van der Waals surface area contributed by atoms with E-state index in [4.69, 9.17) is 16.3 Å². The van der Waals surface area contributed by atoms with Crippen molar-refractivity contribution in [3.63, 3.8) is 0 Å². The Morgan fingerprint density at radius 1 is 1.33 bits per heavy atom. The molecule has 11 heteroatoms. The summed E-state index contributed by atoms with van der Waals surface area (Å²) in [6.45, 7) is 0. The van der Waals surface area contributed by atoms with Crippen molar-refractivity contribution < 1.29 is 22.7 Å². The van der Waals surface area contributed by atoms with Gasteiger partial charge in [0.15, 0.2) is 10.8 Å². The summed E-state index contributed by atoms with van der Waals surface area (Å²) in [5.41, 5.74) is -0.309. The minimum atomic E-state index is -4.56. The van der Waals surface area contributed by atoms with Crippen molar-refractivity contribution in [3.05, 3.63) is 47.1 Å². The number of hydrogen-bond donors (Lipinski definition) is 1. The van der Waals surface area contributed by atoms with Crippen LogP contribution in [0.4, 0.5) is 18.9 Å². The van der Waals surface area contributed by atoms with E-state index in [-0.39, 0.29) is 27.5 Å². The number of benzene rings is 1. The molecule has 0 radical (unpaired) electrons. The molecule has 1 aromatic carbocycles. The van der Waals surface area contributed by atoms with Crippen LogP contribution in [-0.2, 0) is 11.0 Å². The fourth-order valence-electron chi connectivity index (χ4n) is 2.22. The van der Waals surface area contributed by atoms with E-state index in [1.165, 1.54) is 7.11 Å². The minimum Gasteiger partial charge on any atom is -0.497 e. The van der Waals surface area contributed by atoms with E-state index in [0.29, 0.717) is 11.4 Å². The van der Waals surface area contributed by atoms with Crippen molar-refractivity contribution in [2.24, 2.45) is 0 Å². The number of halogens is 4. The molecule has 0 unspecified atom stereocenters. The van der Waals surface area contributed by atoms with Crippen LogP contribution in [0.15, 0.2) is 41.7 Å². The van der Waals surface area contributed by atoms with Gasteiger partial charge in [0.2, 0.25) is 5.91 Å². The molecule has 0 fully saturated rings. The van der Waals surface area contributed by atoms with Crippen LogP contribution in [0.2, 0.25) is 5.02 Å². The lowest BCUT2D eigenvalue weighted by Crippen LogP contribution is -2.14. The first kappa shape index (κ1) is 19.3. The number of anilines is 1. The molecule has 3 rings (SSSR count). The van der Waals surface area contributed by atoms with Crippen LogP contribution < -0.4 is 10.1 Å². The van der Waals surface area contributed by atoms with Crippen LogP contribution in [-0.4, -0.2) is 33.4 Å². The Hall–Kier alpha value is -2.46. The number of rotatable bonds is 5. The number of hydrogen-bond acceptors (Lipinski definition) is 5. The highest BCUT2D eigenvalue weighted by molar-refractivity contribution is 7.99. The highest BCUT2D eigenvalue weighted by Gasteiger charge is 2.32. The zero-order valence-electron chi connectivity index (χ0n) is 13.7. The minimum absolute atomic E-state index is 0.0775. The second-order valence-electron chi connectivity index (χ2n) is 5.32. The third-order valence-electron chi connectivity index (χ3n) is 3.44. The van der Waals surface area contributed by atoms with E-state index >= 15 is 0 Å². The second kappa shape index (κ2) is 7.65. The first-order valence-electron chi connectivity index (χ1n) is 7.46. The molecule has 27 heavy (non-hydrogen) atoms. The number of carbonyl (C=O) groups is 1. The van der Waals surface area contributed by atoms with E-state index in [9.17, 15) is 18.0 Å². The molecule has 3 aromatic rings. The van der Waals surface area contributed by atoms with Gasteiger partial charge in [-0.1, -0.05) is 29.4 Å². The number of fused-ring (bicyclic) bond motifs is 1. The van der Waals surface area contributed by atoms with Crippen molar-refractivity contribution in [2.45, 2.75) is 11.3 Å². The molecule has 0 aliphatic rings. The molecule has 0 spiro atoms. The average Bonchev–Trinajstić information content (AvgIpc) is 3.03. The van der Waals surface area contributed by atoms with Crippen LogP contribution in [0.25, 0.3) is 5.65 Å². The van der Waals surface area contributed by atoms with Gasteiger partial charge in [-0.3, -0.25) is 9.20 Å². The van der Waals surface area contributed by atoms with Gasteiger partial charge in [0.1, 0.15) is 5.75 Å². The van der Waals surface area contributed by atoms with Gasteiger partial charge in [0.05, 0.1) is 23.4 Å². The molecule has 0 aliphatic carbocycles. The van der Waals surface area contributed by atoms with Crippen LogP contribution in [0, 0.1) is 0 Å². The summed E-state index contributed by atoms with van der Waals surface area (Å²) < 4.78 is 45.1. The van der Waals surface area contributed by atoms with E-state index < -0.39 is 11.7 Å². The first-order valence-corrected chi connectivity index (χ1v) is 8.82. The summed E-state index contributed by atoms with van der Waals surface area (Å²) in [6.07, 6.45) is -3.71. The van der Waals surface area contributed by atoms with Gasteiger partial charge in [-0.25, -0.2) is 0 Å². The summed E-state index contributed by atoms with van der Waals surface area (Å²) in [7, 11) is 1.51. The Kier molecular flexibility index (Phi) is 5.47. The standard InChI is InChI=1S/C16H12ClF3N4O2S/c1-26-11-4-2-3-10(6-11)21-13(25)8-27-15-23-22-14-12(17)5-9(7-24(14)15)16(18,19)20/h2-7H,8H2,1H3,(H,21,25). The molecule has 1 N–H and O–H groups in total. The predicted octanol–water partition coefficient (Wildman–Crippen LogP) is 4.14. The summed E-state index contributed by atoms with van der Waals surface area (Å²) >= 11 is 6.80. The maximum absolute atomic E-state index is 13.0. The van der Waals surface area contributed by atoms with Crippen molar-refractivity contribution in [1.82, 2.24) is 14.6 Å². The fraction of sp³-hybridized carbons (Fsp3) is 0.188. The normalized spacial score (nSPS) is 11.6. The number of nitrogens with zero attached hydrogens (tertiary/aromatic N) is 3. The fourth-order valence-corrected chi connectivity index (χ4v) is 3.17. The maximum Gasteiger partial charge on any atom is 0.417 e. The lowest BCUT2D eigenvalue weighted by atomic mass is 10.3. The number of pyridine rings is 1. The average molecular weight is 417 g/mol. The van der Waals surface area contributed by atoms with Gasteiger partial charge in [-0.15, -0.1) is 10.2 Å². The van der Waals surface area contributed by atoms with Crippen LogP contribution in [0.3, 0.4) is 0 Å². The van der Waals surface area contributed by atoms with Gasteiger partial charge < -0.3 is 10.1 Å². The summed E-state index contributed by atoms with van der Waals surface area (Å²) in [5.74, 6) is 0.146. The highest BCUT2D eigenvalue weighted by atomic mass is 35.5. The second-order valence-corrected chi connectivity index (χ2v) is 6.67. The van der Waals surface area contributed by atoms with Crippen LogP contribution in [0.5, 0.6) is 5.75 Å². The Balaban J connectivity index is 1.74. The third-order valence-corrected chi connectivity index (χ3v) is 4.66. The molecule has 1 amide bonds. The molecule has 2 aromatic heterocycles. The van der Waals surface area contributed by atoms with Crippen molar-refractivity contribution >= 4 is 40.6 Å². The van der Waals surface area contributed by atoms with E-state index in [1.807, 2.05) is 0 Å². The molecule has 0 aliphatic heterocycles. The van der Waals surface area contributed by atoms with Crippen molar-refractivity contribution in [2.75, 3.05) is 18.2 Å². The number of thioether (sulfide) groups is 1. The monoisotopic (exact) mass is 416 g/mol. The quantitative estimate of drug-likeness (QED) is 0.633. The zero-order valence-corrected chi connectivity index (χ0v) is 15.3. The molecular formula is C16H12ClF3N4O2S. The number of carbonyl (C=O) groups excluding carboxylic acids is 1. The van der Waals surface area contributed by atoms with E-state index in [0.717, 1.165) is 28.4 Å². The van der Waals surface area contributed by atoms with Crippen LogP contribution in [0.1, 0.15) is 5.56 Å². The van der Waals surface area contributed by atoms with Crippen molar-refractivity contribution in [3.8, 4) is 5.75 Å². The van der Waals surface area contributed by atoms with Gasteiger partial charge >= 0.3 is 6.18 Å². The molecule has 0 saturated heterocycles. The molecule has 6 nitrogen and oxygen atoms in total. The van der Waals surface area contributed by atoms with E-state index in [1.54, 1.807) is 24.3 Å². The summed E-state index contributed by atoms with van der Waals surface area (Å²) in [4.78, 5) is 12.1. The Bertz CT molecular complexity index is 993. The van der Waals surface area contributed by atoms with Gasteiger partial charge in [-0.2, -0.15) is 13.2 Å². The topological polar surface area (TPSA) is 68.5 Å². The number of aromatic nitrogens is 3. The number of methoxy groups -OCH3 is 1. The molecule has 0 saturated carbocycles. The number of alkyl halides is 3.